The fourth-order valence-corrected chi connectivity index (χ4v) is 3.26. The molecular weight excluding hydrogens is 330 g/mol. The lowest BCUT2D eigenvalue weighted by atomic mass is 10.0. The van der Waals surface area contributed by atoms with Gasteiger partial charge in [-0.05, 0) is 52.4 Å². The zero-order valence-corrected chi connectivity index (χ0v) is 13.3. The predicted octanol–water partition coefficient (Wildman–Crippen LogP) is 3.08. The molecule has 0 spiro atoms. The number of halogens is 1. The number of hydrogen-bond donors (Lipinski definition) is 0. The lowest BCUT2D eigenvalue weighted by Gasteiger charge is -2.28. The van der Waals surface area contributed by atoms with E-state index in [9.17, 15) is 4.79 Å². The van der Waals surface area contributed by atoms with Gasteiger partial charge in [0.25, 0.3) is 0 Å². The van der Waals surface area contributed by atoms with Crippen molar-refractivity contribution >= 4 is 32.9 Å². The number of pyridine rings is 2. The Morgan fingerprint density at radius 1 is 1.38 bits per heavy atom. The van der Waals surface area contributed by atoms with Crippen molar-refractivity contribution in [3.05, 3.63) is 34.1 Å². The standard InChI is InChI=1S/C16H16BrN3O/c17-13-7-11-6-12-9-20(15(21)5-10-1-2-10)4-3-14(12)19-16(11)18-8-13/h6-8,10H,1-5,9H2. The van der Waals surface area contributed by atoms with Crippen LogP contribution < -0.4 is 0 Å². The number of carbonyl (C=O) groups is 1. The van der Waals surface area contributed by atoms with Crippen molar-refractivity contribution in [2.75, 3.05) is 6.54 Å². The summed E-state index contributed by atoms with van der Waals surface area (Å²) in [7, 11) is 0. The van der Waals surface area contributed by atoms with E-state index >= 15 is 0 Å². The second kappa shape index (κ2) is 5.05. The van der Waals surface area contributed by atoms with Crippen LogP contribution in [0.2, 0.25) is 0 Å². The Morgan fingerprint density at radius 2 is 2.24 bits per heavy atom. The molecule has 1 amide bonds. The highest BCUT2D eigenvalue weighted by atomic mass is 79.9. The van der Waals surface area contributed by atoms with E-state index in [1.165, 1.54) is 12.8 Å². The van der Waals surface area contributed by atoms with Crippen molar-refractivity contribution in [1.82, 2.24) is 14.9 Å². The molecule has 2 aromatic rings. The van der Waals surface area contributed by atoms with Gasteiger partial charge in [0.1, 0.15) is 0 Å². The van der Waals surface area contributed by atoms with Crippen molar-refractivity contribution in [1.29, 1.82) is 0 Å². The molecule has 0 bridgehead atoms. The number of aromatic nitrogens is 2. The minimum atomic E-state index is 0.301. The molecule has 2 aliphatic rings. The van der Waals surface area contributed by atoms with Gasteiger partial charge in [0.05, 0.1) is 0 Å². The van der Waals surface area contributed by atoms with E-state index in [-0.39, 0.29) is 0 Å². The van der Waals surface area contributed by atoms with Gasteiger partial charge in [-0.2, -0.15) is 0 Å². The Balaban J connectivity index is 1.62. The first-order valence-electron chi connectivity index (χ1n) is 7.41. The van der Waals surface area contributed by atoms with Gasteiger partial charge in [0, 0.05) is 47.7 Å². The van der Waals surface area contributed by atoms with Crippen LogP contribution in [0, 0.1) is 5.92 Å². The summed E-state index contributed by atoms with van der Waals surface area (Å²) in [6.07, 6.45) is 5.78. The summed E-state index contributed by atoms with van der Waals surface area (Å²) in [5.41, 5.74) is 3.04. The van der Waals surface area contributed by atoms with Crippen molar-refractivity contribution in [2.45, 2.75) is 32.2 Å². The molecule has 4 rings (SSSR count). The summed E-state index contributed by atoms with van der Waals surface area (Å²) >= 11 is 3.44. The average Bonchev–Trinajstić information content (AvgIpc) is 3.28. The lowest BCUT2D eigenvalue weighted by Crippen LogP contribution is -2.36. The molecule has 0 N–H and O–H groups in total. The van der Waals surface area contributed by atoms with Gasteiger partial charge in [-0.25, -0.2) is 9.97 Å². The minimum absolute atomic E-state index is 0.301. The molecule has 0 aromatic carbocycles. The van der Waals surface area contributed by atoms with E-state index in [1.54, 1.807) is 6.20 Å². The summed E-state index contributed by atoms with van der Waals surface area (Å²) in [5.74, 6) is 0.949. The highest BCUT2D eigenvalue weighted by Crippen LogP contribution is 2.33. The predicted molar refractivity (Wildman–Crippen MR) is 83.7 cm³/mol. The van der Waals surface area contributed by atoms with Crippen LogP contribution >= 0.6 is 15.9 Å². The maximum absolute atomic E-state index is 12.3. The molecule has 5 heteroatoms. The molecule has 108 valence electrons. The first-order chi connectivity index (χ1) is 10.2. The zero-order valence-electron chi connectivity index (χ0n) is 11.7. The first-order valence-corrected chi connectivity index (χ1v) is 8.20. The van der Waals surface area contributed by atoms with Crippen LogP contribution in [-0.4, -0.2) is 27.3 Å². The molecule has 0 atom stereocenters. The quantitative estimate of drug-likeness (QED) is 0.840. The molecule has 3 heterocycles. The molecular formula is C16H16BrN3O. The molecule has 0 saturated heterocycles. The molecule has 1 aliphatic heterocycles. The number of amides is 1. The monoisotopic (exact) mass is 345 g/mol. The van der Waals surface area contributed by atoms with Gasteiger partial charge in [-0.15, -0.1) is 0 Å². The van der Waals surface area contributed by atoms with Crippen LogP contribution in [0.3, 0.4) is 0 Å². The van der Waals surface area contributed by atoms with Crippen LogP contribution in [0.4, 0.5) is 0 Å². The van der Waals surface area contributed by atoms with E-state index in [0.29, 0.717) is 18.4 Å². The third-order valence-electron chi connectivity index (χ3n) is 4.30. The number of hydrogen-bond acceptors (Lipinski definition) is 3. The molecule has 1 aliphatic carbocycles. The summed E-state index contributed by atoms with van der Waals surface area (Å²) in [6, 6.07) is 4.16. The Hall–Kier alpha value is -1.49. The summed E-state index contributed by atoms with van der Waals surface area (Å²) in [6.45, 7) is 1.48. The van der Waals surface area contributed by atoms with Crippen molar-refractivity contribution in [3.8, 4) is 0 Å². The van der Waals surface area contributed by atoms with Crippen LogP contribution in [-0.2, 0) is 17.8 Å². The average molecular weight is 346 g/mol. The number of rotatable bonds is 2. The Kier molecular flexibility index (Phi) is 3.17. The van der Waals surface area contributed by atoms with Crippen LogP contribution in [0.25, 0.3) is 11.0 Å². The second-order valence-electron chi connectivity index (χ2n) is 6.01. The van der Waals surface area contributed by atoms with E-state index < -0.39 is 0 Å². The Bertz CT molecular complexity index is 727. The number of nitrogens with zero attached hydrogens (tertiary/aromatic N) is 3. The second-order valence-corrected chi connectivity index (χ2v) is 6.92. The van der Waals surface area contributed by atoms with Crippen LogP contribution in [0.15, 0.2) is 22.8 Å². The van der Waals surface area contributed by atoms with Gasteiger partial charge in [-0.1, -0.05) is 0 Å². The van der Waals surface area contributed by atoms with Crippen LogP contribution in [0.5, 0.6) is 0 Å². The van der Waals surface area contributed by atoms with Gasteiger partial charge >= 0.3 is 0 Å². The van der Waals surface area contributed by atoms with E-state index in [4.69, 9.17) is 0 Å². The fraction of sp³-hybridized carbons (Fsp3) is 0.438. The van der Waals surface area contributed by atoms with E-state index in [2.05, 4.69) is 32.0 Å². The van der Waals surface area contributed by atoms with Gasteiger partial charge in [0.2, 0.25) is 5.91 Å². The zero-order chi connectivity index (χ0) is 14.4. The number of carbonyl (C=O) groups excluding carboxylic acids is 1. The molecule has 0 unspecified atom stereocenters. The number of fused-ring (bicyclic) bond motifs is 2. The van der Waals surface area contributed by atoms with Crippen molar-refractivity contribution in [3.63, 3.8) is 0 Å². The highest BCUT2D eigenvalue weighted by Gasteiger charge is 2.29. The van der Waals surface area contributed by atoms with Crippen molar-refractivity contribution < 1.29 is 4.79 Å². The largest absolute Gasteiger partial charge is 0.338 e. The molecule has 21 heavy (non-hydrogen) atoms. The minimum Gasteiger partial charge on any atom is -0.338 e. The third kappa shape index (κ3) is 2.67. The Morgan fingerprint density at radius 3 is 3.05 bits per heavy atom. The highest BCUT2D eigenvalue weighted by molar-refractivity contribution is 9.10. The first kappa shape index (κ1) is 13.2. The maximum Gasteiger partial charge on any atom is 0.223 e. The maximum atomic E-state index is 12.3. The summed E-state index contributed by atoms with van der Waals surface area (Å²) in [4.78, 5) is 23.3. The van der Waals surface area contributed by atoms with Crippen molar-refractivity contribution in [2.24, 2.45) is 5.92 Å². The molecule has 1 saturated carbocycles. The molecule has 4 nitrogen and oxygen atoms in total. The van der Waals surface area contributed by atoms with Gasteiger partial charge in [-0.3, -0.25) is 4.79 Å². The smallest absolute Gasteiger partial charge is 0.223 e. The van der Waals surface area contributed by atoms with E-state index in [1.807, 2.05) is 11.0 Å². The van der Waals surface area contributed by atoms with E-state index in [0.717, 1.165) is 46.1 Å². The topological polar surface area (TPSA) is 46.1 Å². The third-order valence-corrected chi connectivity index (χ3v) is 4.73. The van der Waals surface area contributed by atoms with Gasteiger partial charge < -0.3 is 4.90 Å². The molecule has 2 aromatic heterocycles. The normalized spacial score (nSPS) is 17.9. The SMILES string of the molecule is O=C(CC1CC1)N1CCc2nc3ncc(Br)cc3cc2C1. The lowest BCUT2D eigenvalue weighted by molar-refractivity contribution is -0.132. The Labute approximate surface area is 131 Å². The summed E-state index contributed by atoms with van der Waals surface area (Å²) < 4.78 is 0.953. The molecule has 0 radical (unpaired) electrons. The summed E-state index contributed by atoms with van der Waals surface area (Å²) in [5, 5.41) is 1.03. The van der Waals surface area contributed by atoms with Gasteiger partial charge in [0.15, 0.2) is 5.65 Å². The fourth-order valence-electron chi connectivity index (χ4n) is 2.91. The van der Waals surface area contributed by atoms with Crippen LogP contribution in [0.1, 0.15) is 30.5 Å². The molecule has 1 fully saturated rings.